The number of para-hydroxylation sites is 1. The van der Waals surface area contributed by atoms with Gasteiger partial charge in [-0.1, -0.05) is 41.9 Å². The SMILES string of the molecule is COc1ccc(N2C(=O)C(=O)/C(=C(\O)c3c[nH]c4ccccc34)C2c2cccc(O)c2)cc1Cl. The Labute approximate surface area is 199 Å². The topological polar surface area (TPSA) is 103 Å². The lowest BCUT2D eigenvalue weighted by Gasteiger charge is -2.26. The number of nitrogens with zero attached hydrogens (tertiary/aromatic N) is 1. The van der Waals surface area contributed by atoms with E-state index >= 15 is 0 Å². The van der Waals surface area contributed by atoms with Gasteiger partial charge in [0.2, 0.25) is 0 Å². The lowest BCUT2D eigenvalue weighted by Crippen LogP contribution is -2.29. The predicted octanol–water partition coefficient (Wildman–Crippen LogP) is 5.16. The minimum atomic E-state index is -0.995. The van der Waals surface area contributed by atoms with E-state index in [-0.39, 0.29) is 22.1 Å². The Morgan fingerprint density at radius 3 is 2.59 bits per heavy atom. The first-order chi connectivity index (χ1) is 16.4. The number of ether oxygens (including phenoxy) is 1. The average Bonchev–Trinajstić information content (AvgIpc) is 3.38. The van der Waals surface area contributed by atoms with Crippen LogP contribution >= 0.6 is 11.6 Å². The van der Waals surface area contributed by atoms with E-state index in [0.29, 0.717) is 28.0 Å². The second kappa shape index (κ2) is 8.28. The molecule has 1 atom stereocenters. The first-order valence-electron chi connectivity index (χ1n) is 10.4. The second-order valence-electron chi connectivity index (χ2n) is 7.83. The number of carbonyl (C=O) groups excluding carboxylic acids is 2. The van der Waals surface area contributed by atoms with E-state index in [1.807, 2.05) is 24.3 Å². The number of ketones is 1. The number of hydrogen-bond donors (Lipinski definition) is 3. The molecule has 4 aromatic rings. The molecule has 1 unspecified atom stereocenters. The zero-order valence-corrected chi connectivity index (χ0v) is 18.7. The summed E-state index contributed by atoms with van der Waals surface area (Å²) in [5, 5.41) is 22.4. The van der Waals surface area contributed by atoms with E-state index < -0.39 is 17.7 Å². The number of amides is 1. The molecule has 8 heteroatoms. The molecule has 7 nitrogen and oxygen atoms in total. The molecule has 5 rings (SSSR count). The van der Waals surface area contributed by atoms with Crippen LogP contribution in [0.3, 0.4) is 0 Å². The summed E-state index contributed by atoms with van der Waals surface area (Å²) in [4.78, 5) is 30.9. The number of aromatic hydroxyl groups is 1. The number of aliphatic hydroxyl groups excluding tert-OH is 1. The predicted molar refractivity (Wildman–Crippen MR) is 129 cm³/mol. The number of Topliss-reactive ketones (excluding diaryl/α,β-unsaturated/α-hetero) is 1. The second-order valence-corrected chi connectivity index (χ2v) is 8.24. The molecule has 0 bridgehead atoms. The molecule has 1 fully saturated rings. The summed E-state index contributed by atoms with van der Waals surface area (Å²) < 4.78 is 5.20. The molecular weight excluding hydrogens is 456 g/mol. The molecule has 0 aliphatic carbocycles. The number of aromatic nitrogens is 1. The van der Waals surface area contributed by atoms with Crippen molar-refractivity contribution in [1.29, 1.82) is 0 Å². The quantitative estimate of drug-likeness (QED) is 0.215. The highest BCUT2D eigenvalue weighted by Gasteiger charge is 2.47. The number of benzene rings is 3. The highest BCUT2D eigenvalue weighted by atomic mass is 35.5. The summed E-state index contributed by atoms with van der Waals surface area (Å²) in [6.45, 7) is 0. The number of fused-ring (bicyclic) bond motifs is 1. The first-order valence-corrected chi connectivity index (χ1v) is 10.8. The van der Waals surface area contributed by atoms with Crippen LogP contribution in [0.4, 0.5) is 5.69 Å². The van der Waals surface area contributed by atoms with Crippen LogP contribution in [-0.2, 0) is 9.59 Å². The Bertz CT molecular complexity index is 1490. The summed E-state index contributed by atoms with van der Waals surface area (Å²) in [6.07, 6.45) is 1.59. The molecule has 1 aliphatic rings. The highest BCUT2D eigenvalue weighted by molar-refractivity contribution is 6.52. The maximum absolute atomic E-state index is 13.3. The summed E-state index contributed by atoms with van der Waals surface area (Å²) in [5.74, 6) is -1.61. The lowest BCUT2D eigenvalue weighted by molar-refractivity contribution is -0.132. The molecule has 1 saturated heterocycles. The summed E-state index contributed by atoms with van der Waals surface area (Å²) in [7, 11) is 1.47. The lowest BCUT2D eigenvalue weighted by atomic mass is 9.95. The van der Waals surface area contributed by atoms with Crippen molar-refractivity contribution >= 4 is 45.6 Å². The molecule has 3 N–H and O–H groups in total. The van der Waals surface area contributed by atoms with Crippen LogP contribution in [-0.4, -0.2) is 34.0 Å². The molecule has 1 aliphatic heterocycles. The van der Waals surface area contributed by atoms with Gasteiger partial charge in [0.05, 0.1) is 23.7 Å². The summed E-state index contributed by atoms with van der Waals surface area (Å²) in [6, 6.07) is 17.3. The zero-order chi connectivity index (χ0) is 24.0. The summed E-state index contributed by atoms with van der Waals surface area (Å²) in [5.41, 5.74) is 1.87. The van der Waals surface area contributed by atoms with E-state index in [2.05, 4.69) is 4.98 Å². The van der Waals surface area contributed by atoms with Gasteiger partial charge in [-0.25, -0.2) is 0 Å². The fraction of sp³-hybridized carbons (Fsp3) is 0.0769. The van der Waals surface area contributed by atoms with Gasteiger partial charge in [-0.05, 0) is 42.0 Å². The van der Waals surface area contributed by atoms with E-state index in [9.17, 15) is 19.8 Å². The molecule has 3 aromatic carbocycles. The van der Waals surface area contributed by atoms with Crippen LogP contribution in [0.25, 0.3) is 16.7 Å². The normalized spacial score (nSPS) is 17.5. The van der Waals surface area contributed by atoms with E-state index in [0.717, 1.165) is 5.52 Å². The maximum atomic E-state index is 13.3. The van der Waals surface area contributed by atoms with Crippen molar-refractivity contribution < 1.29 is 24.5 Å². The van der Waals surface area contributed by atoms with Gasteiger partial charge in [-0.2, -0.15) is 0 Å². The molecule has 1 aromatic heterocycles. The van der Waals surface area contributed by atoms with Crippen molar-refractivity contribution in [3.8, 4) is 11.5 Å². The van der Waals surface area contributed by atoms with Gasteiger partial charge in [-0.3, -0.25) is 14.5 Å². The number of nitrogens with one attached hydrogen (secondary N) is 1. The minimum absolute atomic E-state index is 0.0389. The third kappa shape index (κ3) is 3.38. The molecule has 170 valence electrons. The third-order valence-electron chi connectivity index (χ3n) is 5.89. The smallest absolute Gasteiger partial charge is 0.300 e. The third-order valence-corrected chi connectivity index (χ3v) is 6.18. The fourth-order valence-electron chi connectivity index (χ4n) is 4.33. The average molecular weight is 475 g/mol. The Kier molecular flexibility index (Phi) is 5.26. The van der Waals surface area contributed by atoms with Gasteiger partial charge in [-0.15, -0.1) is 0 Å². The number of aliphatic hydroxyl groups is 1. The monoisotopic (exact) mass is 474 g/mol. The molecule has 2 heterocycles. The van der Waals surface area contributed by atoms with Gasteiger partial charge in [0.1, 0.15) is 17.3 Å². The van der Waals surface area contributed by atoms with Crippen molar-refractivity contribution in [2.75, 3.05) is 12.0 Å². The van der Waals surface area contributed by atoms with Crippen molar-refractivity contribution in [3.05, 3.63) is 94.6 Å². The molecule has 0 spiro atoms. The van der Waals surface area contributed by atoms with Gasteiger partial charge in [0, 0.05) is 28.4 Å². The number of hydrogen-bond acceptors (Lipinski definition) is 5. The number of H-pyrrole nitrogens is 1. The van der Waals surface area contributed by atoms with Gasteiger partial charge < -0.3 is 19.9 Å². The molecular formula is C26H19ClN2O5. The van der Waals surface area contributed by atoms with Crippen molar-refractivity contribution in [3.63, 3.8) is 0 Å². The number of carbonyl (C=O) groups is 2. The number of aromatic amines is 1. The summed E-state index contributed by atoms with van der Waals surface area (Å²) >= 11 is 6.30. The molecule has 0 saturated carbocycles. The van der Waals surface area contributed by atoms with Crippen LogP contribution in [0.15, 0.2) is 78.5 Å². The van der Waals surface area contributed by atoms with Crippen LogP contribution in [0, 0.1) is 0 Å². The van der Waals surface area contributed by atoms with Crippen LogP contribution < -0.4 is 9.64 Å². The molecule has 1 amide bonds. The Balaban J connectivity index is 1.75. The van der Waals surface area contributed by atoms with Gasteiger partial charge in [0.25, 0.3) is 11.7 Å². The van der Waals surface area contributed by atoms with E-state index in [1.165, 1.54) is 30.2 Å². The maximum Gasteiger partial charge on any atom is 0.300 e. The van der Waals surface area contributed by atoms with E-state index in [4.69, 9.17) is 16.3 Å². The Morgan fingerprint density at radius 1 is 1.06 bits per heavy atom. The van der Waals surface area contributed by atoms with Crippen LogP contribution in [0.2, 0.25) is 5.02 Å². The van der Waals surface area contributed by atoms with Crippen LogP contribution in [0.5, 0.6) is 11.5 Å². The van der Waals surface area contributed by atoms with E-state index in [1.54, 1.807) is 30.5 Å². The fourth-order valence-corrected chi connectivity index (χ4v) is 4.58. The van der Waals surface area contributed by atoms with Crippen LogP contribution in [0.1, 0.15) is 17.2 Å². The number of anilines is 1. The molecule has 0 radical (unpaired) electrons. The largest absolute Gasteiger partial charge is 0.508 e. The Hall–Kier alpha value is -4.23. The number of methoxy groups -OCH3 is 1. The first kappa shape index (κ1) is 21.6. The number of phenols is 1. The van der Waals surface area contributed by atoms with Crippen molar-refractivity contribution in [2.24, 2.45) is 0 Å². The van der Waals surface area contributed by atoms with Gasteiger partial charge >= 0.3 is 0 Å². The standard InChI is InChI=1S/C26H19ClN2O5/c1-34-21-10-9-15(12-19(21)27)29-23(14-5-4-6-16(30)11-14)22(25(32)26(29)33)24(31)18-13-28-20-8-3-2-7-17(18)20/h2-13,23,28,30-31H,1H3/b24-22-. The van der Waals surface area contributed by atoms with Gasteiger partial charge in [0.15, 0.2) is 0 Å². The Morgan fingerprint density at radius 2 is 1.85 bits per heavy atom. The zero-order valence-electron chi connectivity index (χ0n) is 17.9. The highest BCUT2D eigenvalue weighted by Crippen LogP contribution is 2.44. The van der Waals surface area contributed by atoms with Crippen molar-refractivity contribution in [1.82, 2.24) is 4.98 Å². The number of phenolic OH excluding ortho intramolecular Hbond substituents is 1. The number of halogens is 1. The van der Waals surface area contributed by atoms with Crippen molar-refractivity contribution in [2.45, 2.75) is 6.04 Å². The minimum Gasteiger partial charge on any atom is -0.508 e. The number of rotatable bonds is 4. The molecule has 34 heavy (non-hydrogen) atoms.